The van der Waals surface area contributed by atoms with Crippen LogP contribution in [-0.2, 0) is 24.5 Å². The number of rotatable bonds is 10. The van der Waals surface area contributed by atoms with Crippen molar-refractivity contribution in [1.82, 2.24) is 14.9 Å². The first-order valence-electron chi connectivity index (χ1n) is 10.1. The topological polar surface area (TPSA) is 28.2 Å². The summed E-state index contributed by atoms with van der Waals surface area (Å²) in [5, 5.41) is 2.04. The summed E-state index contributed by atoms with van der Waals surface area (Å²) in [6.45, 7) is 6.39. The Balaban J connectivity index is 1.76. The van der Waals surface area contributed by atoms with Crippen LogP contribution in [0.15, 0.2) is 48.5 Å². The minimum absolute atomic E-state index is 0.771. The fourth-order valence-electron chi connectivity index (χ4n) is 3.60. The van der Waals surface area contributed by atoms with Gasteiger partial charge in [0, 0.05) is 43.9 Å². The lowest BCUT2D eigenvalue weighted by Gasteiger charge is -2.26. The molecule has 1 aliphatic heterocycles. The van der Waals surface area contributed by atoms with Gasteiger partial charge < -0.3 is 9.64 Å². The maximum atomic E-state index is 5.84. The molecule has 1 heterocycles. The third-order valence-corrected chi connectivity index (χ3v) is 5.06. The summed E-state index contributed by atoms with van der Waals surface area (Å²) in [7, 11) is 6.02. The van der Waals surface area contributed by atoms with E-state index in [1.54, 1.807) is 7.11 Å². The van der Waals surface area contributed by atoms with Crippen LogP contribution in [-0.4, -0.2) is 62.3 Å². The molecule has 0 atom stereocenters. The van der Waals surface area contributed by atoms with Gasteiger partial charge in [0.2, 0.25) is 0 Å². The van der Waals surface area contributed by atoms with Crippen LogP contribution >= 0.6 is 0 Å². The van der Waals surface area contributed by atoms with E-state index in [0.29, 0.717) is 0 Å². The molecule has 0 spiro atoms. The fraction of sp³-hybridized carbons (Fsp3) is 0.478. The Morgan fingerprint density at radius 2 is 1.75 bits per heavy atom. The van der Waals surface area contributed by atoms with Gasteiger partial charge in [0.05, 0.1) is 20.3 Å². The summed E-state index contributed by atoms with van der Waals surface area (Å²) < 4.78 is 5.84. The Labute approximate surface area is 169 Å². The average Bonchev–Trinajstić information content (AvgIpc) is 3.20. The van der Waals surface area contributed by atoms with Crippen molar-refractivity contribution in [3.8, 4) is 5.75 Å². The van der Waals surface area contributed by atoms with Gasteiger partial charge in [0.15, 0.2) is 0 Å². The zero-order valence-corrected chi connectivity index (χ0v) is 17.4. The number of para-hydroxylation sites is 1. The predicted molar refractivity (Wildman–Crippen MR) is 113 cm³/mol. The monoisotopic (exact) mass is 383 g/mol. The molecule has 1 fully saturated rings. The van der Waals surface area contributed by atoms with Crippen molar-refractivity contribution in [2.24, 2.45) is 0 Å². The van der Waals surface area contributed by atoms with Crippen LogP contribution in [0.3, 0.4) is 0 Å². The molecule has 0 unspecified atom stereocenters. The Morgan fingerprint density at radius 1 is 0.964 bits per heavy atom. The molecule has 2 aromatic carbocycles. The van der Waals surface area contributed by atoms with Gasteiger partial charge in [-0.25, -0.2) is 0 Å². The molecule has 0 bridgehead atoms. The van der Waals surface area contributed by atoms with Crippen LogP contribution in [0.4, 0.5) is 0 Å². The Bertz CT molecular complexity index is 715. The number of likely N-dealkylation sites (N-methyl/N-ethyl adjacent to an activating group) is 1. The highest BCUT2D eigenvalue weighted by Gasteiger charge is 2.18. The van der Waals surface area contributed by atoms with Crippen molar-refractivity contribution in [1.29, 1.82) is 0 Å². The van der Waals surface area contributed by atoms with Crippen molar-refractivity contribution in [3.05, 3.63) is 65.2 Å². The van der Waals surface area contributed by atoms with Gasteiger partial charge in [-0.2, -0.15) is 5.06 Å². The minimum atomic E-state index is 0.771. The molecule has 5 nitrogen and oxygen atoms in total. The minimum Gasteiger partial charge on any atom is -0.496 e. The molecular weight excluding hydrogens is 350 g/mol. The van der Waals surface area contributed by atoms with Crippen LogP contribution in [0.1, 0.15) is 23.1 Å². The van der Waals surface area contributed by atoms with Crippen LogP contribution < -0.4 is 4.74 Å². The third-order valence-electron chi connectivity index (χ3n) is 5.06. The van der Waals surface area contributed by atoms with E-state index < -0.39 is 0 Å². The molecular formula is C23H33N3O2. The van der Waals surface area contributed by atoms with Gasteiger partial charge in [0.1, 0.15) is 5.75 Å². The maximum absolute atomic E-state index is 5.84. The summed E-state index contributed by atoms with van der Waals surface area (Å²) in [6, 6.07) is 17.1. The van der Waals surface area contributed by atoms with Gasteiger partial charge in [-0.05, 0) is 26.1 Å². The zero-order valence-electron chi connectivity index (χ0n) is 17.4. The molecule has 1 saturated heterocycles. The predicted octanol–water partition coefficient (Wildman–Crippen LogP) is 3.40. The number of ether oxygens (including phenoxy) is 1. The molecule has 5 heteroatoms. The highest BCUT2D eigenvalue weighted by Crippen LogP contribution is 2.27. The van der Waals surface area contributed by atoms with E-state index >= 15 is 0 Å². The maximum Gasteiger partial charge on any atom is 0.127 e. The van der Waals surface area contributed by atoms with E-state index in [4.69, 9.17) is 9.57 Å². The second-order valence-electron chi connectivity index (χ2n) is 7.66. The van der Waals surface area contributed by atoms with E-state index in [1.807, 2.05) is 5.06 Å². The van der Waals surface area contributed by atoms with Crippen molar-refractivity contribution >= 4 is 0 Å². The first-order chi connectivity index (χ1) is 13.7. The second-order valence-corrected chi connectivity index (χ2v) is 7.66. The normalized spacial score (nSPS) is 14.9. The summed E-state index contributed by atoms with van der Waals surface area (Å²) in [4.78, 5) is 10.4. The van der Waals surface area contributed by atoms with Crippen molar-refractivity contribution < 1.29 is 9.57 Å². The lowest BCUT2D eigenvalue weighted by Crippen LogP contribution is -2.31. The molecule has 1 aliphatic rings. The quantitative estimate of drug-likeness (QED) is 0.627. The Kier molecular flexibility index (Phi) is 7.86. The SMILES string of the molecule is COc1c(CN(CCN(C)C)Cc2ccccc2)cccc1CN1CCCO1. The molecule has 0 N–H and O–H groups in total. The highest BCUT2D eigenvalue weighted by atomic mass is 16.7. The first kappa shape index (κ1) is 20.8. The van der Waals surface area contributed by atoms with E-state index in [1.165, 1.54) is 16.7 Å². The van der Waals surface area contributed by atoms with E-state index in [9.17, 15) is 0 Å². The number of hydrogen-bond acceptors (Lipinski definition) is 5. The smallest absolute Gasteiger partial charge is 0.127 e. The van der Waals surface area contributed by atoms with Crippen molar-refractivity contribution in [3.63, 3.8) is 0 Å². The van der Waals surface area contributed by atoms with Crippen molar-refractivity contribution in [2.45, 2.75) is 26.1 Å². The number of methoxy groups -OCH3 is 1. The van der Waals surface area contributed by atoms with Crippen LogP contribution in [0.2, 0.25) is 0 Å². The number of hydroxylamine groups is 2. The molecule has 2 aromatic rings. The van der Waals surface area contributed by atoms with E-state index in [2.05, 4.69) is 72.4 Å². The standard InChI is InChI=1S/C23H33N3O2/c1-24(2)14-15-25(17-20-9-5-4-6-10-20)18-21-11-7-12-22(23(21)27-3)19-26-13-8-16-28-26/h4-7,9-12H,8,13-19H2,1-3H3. The molecule has 0 aliphatic carbocycles. The van der Waals surface area contributed by atoms with Crippen LogP contribution in [0, 0.1) is 0 Å². The molecule has 0 radical (unpaired) electrons. The third kappa shape index (κ3) is 6.04. The molecule has 3 rings (SSSR count). The number of nitrogens with zero attached hydrogens (tertiary/aromatic N) is 3. The lowest BCUT2D eigenvalue weighted by atomic mass is 10.1. The number of benzene rings is 2. The van der Waals surface area contributed by atoms with Crippen LogP contribution in [0.25, 0.3) is 0 Å². The van der Waals surface area contributed by atoms with Gasteiger partial charge in [-0.1, -0.05) is 48.5 Å². The number of hydrogen-bond donors (Lipinski definition) is 0. The Hall–Kier alpha value is -1.92. The fourth-order valence-corrected chi connectivity index (χ4v) is 3.60. The zero-order chi connectivity index (χ0) is 19.8. The summed E-state index contributed by atoms with van der Waals surface area (Å²) in [5.74, 6) is 0.987. The molecule has 28 heavy (non-hydrogen) atoms. The van der Waals surface area contributed by atoms with Gasteiger partial charge in [-0.3, -0.25) is 9.74 Å². The van der Waals surface area contributed by atoms with Gasteiger partial charge in [-0.15, -0.1) is 0 Å². The lowest BCUT2D eigenvalue weighted by molar-refractivity contribution is -0.117. The van der Waals surface area contributed by atoms with E-state index in [-0.39, 0.29) is 0 Å². The molecule has 0 saturated carbocycles. The van der Waals surface area contributed by atoms with Crippen LogP contribution in [0.5, 0.6) is 5.75 Å². The summed E-state index contributed by atoms with van der Waals surface area (Å²) in [6.07, 6.45) is 1.09. The van der Waals surface area contributed by atoms with E-state index in [0.717, 1.165) is 58.0 Å². The molecule has 0 aromatic heterocycles. The average molecular weight is 384 g/mol. The largest absolute Gasteiger partial charge is 0.496 e. The highest BCUT2D eigenvalue weighted by molar-refractivity contribution is 5.41. The van der Waals surface area contributed by atoms with Gasteiger partial charge >= 0.3 is 0 Å². The molecule has 0 amide bonds. The summed E-state index contributed by atoms with van der Waals surface area (Å²) in [5.41, 5.74) is 3.75. The molecule has 152 valence electrons. The summed E-state index contributed by atoms with van der Waals surface area (Å²) >= 11 is 0. The van der Waals surface area contributed by atoms with Gasteiger partial charge in [0.25, 0.3) is 0 Å². The van der Waals surface area contributed by atoms with Crippen molar-refractivity contribution in [2.75, 3.05) is 47.4 Å². The second kappa shape index (κ2) is 10.6. The Morgan fingerprint density at radius 3 is 2.43 bits per heavy atom. The first-order valence-corrected chi connectivity index (χ1v) is 10.1.